The number of amides is 1. The molecule has 2 aromatic heterocycles. The van der Waals surface area contributed by atoms with Gasteiger partial charge in [0, 0.05) is 12.4 Å². The molecule has 0 aliphatic carbocycles. The van der Waals surface area contributed by atoms with E-state index in [2.05, 4.69) is 15.3 Å². The summed E-state index contributed by atoms with van der Waals surface area (Å²) in [4.78, 5) is 30.5. The molecule has 0 aliphatic rings. The van der Waals surface area contributed by atoms with E-state index in [9.17, 15) is 9.59 Å². The predicted octanol–water partition coefficient (Wildman–Crippen LogP) is 1.76. The van der Waals surface area contributed by atoms with E-state index < -0.39 is 5.97 Å². The fourth-order valence-electron chi connectivity index (χ4n) is 1.48. The van der Waals surface area contributed by atoms with E-state index in [1.54, 1.807) is 6.07 Å². The number of halogens is 1. The van der Waals surface area contributed by atoms with Crippen LogP contribution in [-0.2, 0) is 6.54 Å². The number of carbonyl (C=O) groups excluding carboxylic acids is 1. The Morgan fingerprint density at radius 1 is 1.25 bits per heavy atom. The minimum Gasteiger partial charge on any atom is -0.478 e. The van der Waals surface area contributed by atoms with Crippen LogP contribution in [-0.4, -0.2) is 27.0 Å². The first-order chi connectivity index (χ1) is 9.56. The molecule has 2 aromatic rings. The predicted molar refractivity (Wildman–Crippen MR) is 71.6 cm³/mol. The summed E-state index contributed by atoms with van der Waals surface area (Å²) >= 11 is 5.68. The summed E-state index contributed by atoms with van der Waals surface area (Å²) < 4.78 is 0. The van der Waals surface area contributed by atoms with Crippen molar-refractivity contribution >= 4 is 23.5 Å². The van der Waals surface area contributed by atoms with Crippen LogP contribution in [0.1, 0.15) is 26.5 Å². The van der Waals surface area contributed by atoms with Crippen molar-refractivity contribution in [1.29, 1.82) is 0 Å². The van der Waals surface area contributed by atoms with Gasteiger partial charge in [-0.2, -0.15) is 0 Å². The minimum atomic E-state index is -1.04. The van der Waals surface area contributed by atoms with Crippen LogP contribution in [0.25, 0.3) is 0 Å². The summed E-state index contributed by atoms with van der Waals surface area (Å²) in [6.07, 6.45) is 2.76. The van der Waals surface area contributed by atoms with Gasteiger partial charge in [-0.15, -0.1) is 0 Å². The number of pyridine rings is 2. The third-order valence-corrected chi connectivity index (χ3v) is 2.68. The fourth-order valence-corrected chi connectivity index (χ4v) is 1.59. The van der Waals surface area contributed by atoms with Crippen molar-refractivity contribution in [1.82, 2.24) is 15.3 Å². The Hall–Kier alpha value is -2.47. The van der Waals surface area contributed by atoms with Gasteiger partial charge in [0.1, 0.15) is 5.69 Å². The molecule has 0 spiro atoms. The normalized spacial score (nSPS) is 10.1. The lowest BCUT2D eigenvalue weighted by Crippen LogP contribution is -2.24. The molecule has 0 saturated heterocycles. The van der Waals surface area contributed by atoms with Crippen LogP contribution in [0.3, 0.4) is 0 Å². The maximum Gasteiger partial charge on any atom is 0.335 e. The Morgan fingerprint density at radius 2 is 2.05 bits per heavy atom. The summed E-state index contributed by atoms with van der Waals surface area (Å²) in [5.41, 5.74) is 0.796. The van der Waals surface area contributed by atoms with Crippen molar-refractivity contribution in [3.05, 3.63) is 58.6 Å². The number of nitrogens with zero attached hydrogens (tertiary/aromatic N) is 2. The van der Waals surface area contributed by atoms with Crippen molar-refractivity contribution < 1.29 is 14.7 Å². The van der Waals surface area contributed by atoms with Gasteiger partial charge in [0.15, 0.2) is 0 Å². The van der Waals surface area contributed by atoms with Gasteiger partial charge in [0.05, 0.1) is 22.8 Å². The van der Waals surface area contributed by atoms with Gasteiger partial charge in [-0.05, 0) is 24.3 Å². The van der Waals surface area contributed by atoms with Gasteiger partial charge in [-0.1, -0.05) is 11.6 Å². The monoisotopic (exact) mass is 291 g/mol. The molecular weight excluding hydrogens is 282 g/mol. The zero-order valence-corrected chi connectivity index (χ0v) is 11.0. The smallest absolute Gasteiger partial charge is 0.335 e. The average Bonchev–Trinajstić information content (AvgIpc) is 2.46. The third kappa shape index (κ3) is 3.52. The molecule has 102 valence electrons. The Labute approximate surface area is 119 Å². The fraction of sp³-hybridized carbons (Fsp3) is 0.0769. The van der Waals surface area contributed by atoms with Crippen LogP contribution in [0.5, 0.6) is 0 Å². The number of nitrogens with one attached hydrogen (secondary N) is 1. The number of carboxylic acid groups (broad SMARTS) is 1. The lowest BCUT2D eigenvalue weighted by molar-refractivity contribution is 0.0696. The molecule has 6 nitrogen and oxygen atoms in total. The van der Waals surface area contributed by atoms with Crippen molar-refractivity contribution in [2.24, 2.45) is 0 Å². The first kappa shape index (κ1) is 14.0. The molecule has 0 unspecified atom stereocenters. The van der Waals surface area contributed by atoms with Crippen molar-refractivity contribution in [2.75, 3.05) is 0 Å². The summed E-state index contributed by atoms with van der Waals surface area (Å²) in [5.74, 6) is -1.43. The van der Waals surface area contributed by atoms with Gasteiger partial charge in [0.25, 0.3) is 5.91 Å². The average molecular weight is 292 g/mol. The Balaban J connectivity index is 2.01. The van der Waals surface area contributed by atoms with Crippen LogP contribution in [0, 0.1) is 0 Å². The molecule has 1 amide bonds. The highest BCUT2D eigenvalue weighted by Crippen LogP contribution is 2.06. The Bertz CT molecular complexity index is 644. The first-order valence-corrected chi connectivity index (χ1v) is 6.02. The number of aromatic carboxylic acids is 1. The van der Waals surface area contributed by atoms with E-state index in [-0.39, 0.29) is 23.7 Å². The highest BCUT2D eigenvalue weighted by molar-refractivity contribution is 6.30. The van der Waals surface area contributed by atoms with E-state index >= 15 is 0 Å². The summed E-state index contributed by atoms with van der Waals surface area (Å²) in [5, 5.41) is 11.9. The maximum absolute atomic E-state index is 11.8. The Kier molecular flexibility index (Phi) is 4.27. The van der Waals surface area contributed by atoms with E-state index in [4.69, 9.17) is 16.7 Å². The van der Waals surface area contributed by atoms with E-state index in [0.717, 1.165) is 0 Å². The number of carboxylic acids is 1. The molecule has 0 saturated carbocycles. The zero-order valence-electron chi connectivity index (χ0n) is 10.2. The minimum absolute atomic E-state index is 0.115. The molecule has 7 heteroatoms. The first-order valence-electron chi connectivity index (χ1n) is 5.64. The second-order valence-corrected chi connectivity index (χ2v) is 4.32. The number of hydrogen-bond acceptors (Lipinski definition) is 4. The van der Waals surface area contributed by atoms with E-state index in [0.29, 0.717) is 10.7 Å². The summed E-state index contributed by atoms with van der Waals surface area (Å²) in [7, 11) is 0. The van der Waals surface area contributed by atoms with Crippen molar-refractivity contribution in [3.8, 4) is 0 Å². The SMILES string of the molecule is O=C(O)c1ccnc(CNC(=O)c2ccc(Cl)cn2)c1. The number of aromatic nitrogens is 2. The van der Waals surface area contributed by atoms with Crippen LogP contribution >= 0.6 is 11.6 Å². The van der Waals surface area contributed by atoms with E-state index in [1.165, 1.54) is 30.6 Å². The molecule has 2 N–H and O–H groups in total. The molecule has 20 heavy (non-hydrogen) atoms. The largest absolute Gasteiger partial charge is 0.478 e. The maximum atomic E-state index is 11.8. The van der Waals surface area contributed by atoms with Crippen molar-refractivity contribution in [2.45, 2.75) is 6.54 Å². The van der Waals surface area contributed by atoms with Gasteiger partial charge in [-0.25, -0.2) is 9.78 Å². The summed E-state index contributed by atoms with van der Waals surface area (Å²) in [6, 6.07) is 5.85. The molecule has 0 bridgehead atoms. The number of hydrogen-bond donors (Lipinski definition) is 2. The third-order valence-electron chi connectivity index (χ3n) is 2.45. The van der Waals surface area contributed by atoms with Gasteiger partial charge >= 0.3 is 5.97 Å². The highest BCUT2D eigenvalue weighted by atomic mass is 35.5. The number of carbonyl (C=O) groups is 2. The van der Waals surface area contributed by atoms with E-state index in [1.807, 2.05) is 0 Å². The molecular formula is C13H10ClN3O3. The lowest BCUT2D eigenvalue weighted by atomic mass is 10.2. The van der Waals surface area contributed by atoms with Crippen LogP contribution in [0.2, 0.25) is 5.02 Å². The lowest BCUT2D eigenvalue weighted by Gasteiger charge is -2.05. The molecule has 2 rings (SSSR count). The molecule has 0 radical (unpaired) electrons. The van der Waals surface area contributed by atoms with Gasteiger partial charge in [0.2, 0.25) is 0 Å². The van der Waals surface area contributed by atoms with Gasteiger partial charge < -0.3 is 10.4 Å². The highest BCUT2D eigenvalue weighted by Gasteiger charge is 2.08. The molecule has 0 aromatic carbocycles. The molecule has 0 fully saturated rings. The Morgan fingerprint density at radius 3 is 2.70 bits per heavy atom. The number of rotatable bonds is 4. The second-order valence-electron chi connectivity index (χ2n) is 3.89. The van der Waals surface area contributed by atoms with Crippen LogP contribution in [0.4, 0.5) is 0 Å². The van der Waals surface area contributed by atoms with Gasteiger partial charge in [-0.3, -0.25) is 9.78 Å². The molecule has 0 atom stereocenters. The second kappa shape index (κ2) is 6.12. The summed E-state index contributed by atoms with van der Waals surface area (Å²) in [6.45, 7) is 0.115. The van der Waals surface area contributed by atoms with Crippen molar-refractivity contribution in [3.63, 3.8) is 0 Å². The van der Waals surface area contributed by atoms with Crippen LogP contribution in [0.15, 0.2) is 36.7 Å². The zero-order chi connectivity index (χ0) is 14.5. The molecule has 0 aliphatic heterocycles. The quantitative estimate of drug-likeness (QED) is 0.895. The van der Waals surface area contributed by atoms with Crippen LogP contribution < -0.4 is 5.32 Å². The molecule has 2 heterocycles. The standard InChI is InChI=1S/C13H10ClN3O3/c14-9-1-2-11(16-6-9)12(18)17-7-10-5-8(13(19)20)3-4-15-10/h1-6H,7H2,(H,17,18)(H,19,20). The topological polar surface area (TPSA) is 92.2 Å².